The summed E-state index contributed by atoms with van der Waals surface area (Å²) in [5.74, 6) is -1.08. The number of carbonyl (C=O) groups is 1. The summed E-state index contributed by atoms with van der Waals surface area (Å²) in [4.78, 5) is 22.0. The van der Waals surface area contributed by atoms with Crippen molar-refractivity contribution in [3.63, 3.8) is 0 Å². The normalized spacial score (nSPS) is 45.6. The Morgan fingerprint density at radius 1 is 1.57 bits per heavy atom. The van der Waals surface area contributed by atoms with Crippen molar-refractivity contribution in [1.82, 2.24) is 0 Å². The Kier molecular flexibility index (Phi) is 1.75. The zero-order valence-corrected chi connectivity index (χ0v) is 7.97. The molecule has 5 nitrogen and oxygen atoms in total. The van der Waals surface area contributed by atoms with Gasteiger partial charge in [-0.15, -0.1) is 0 Å². The summed E-state index contributed by atoms with van der Waals surface area (Å²) in [6.07, 6.45) is 2.60. The van der Waals surface area contributed by atoms with E-state index in [4.69, 9.17) is 4.74 Å². The van der Waals surface area contributed by atoms with Crippen LogP contribution in [0.1, 0.15) is 13.8 Å². The van der Waals surface area contributed by atoms with Crippen LogP contribution in [0.15, 0.2) is 12.2 Å². The number of ketones is 1. The molecular formula is C9H11NO4. The molecule has 0 saturated carbocycles. The van der Waals surface area contributed by atoms with Crippen LogP contribution in [-0.2, 0) is 9.53 Å². The van der Waals surface area contributed by atoms with Crippen molar-refractivity contribution in [1.29, 1.82) is 0 Å². The number of nitrogens with zero attached hydrogens (tertiary/aromatic N) is 1. The van der Waals surface area contributed by atoms with E-state index in [9.17, 15) is 14.9 Å². The van der Waals surface area contributed by atoms with E-state index in [0.717, 1.165) is 0 Å². The van der Waals surface area contributed by atoms with E-state index in [1.165, 1.54) is 6.08 Å². The summed E-state index contributed by atoms with van der Waals surface area (Å²) >= 11 is 0. The van der Waals surface area contributed by atoms with Crippen LogP contribution in [0.3, 0.4) is 0 Å². The van der Waals surface area contributed by atoms with E-state index in [1.807, 2.05) is 0 Å². The fraction of sp³-hybridized carbons (Fsp3) is 0.667. The van der Waals surface area contributed by atoms with Gasteiger partial charge in [-0.25, -0.2) is 0 Å². The van der Waals surface area contributed by atoms with Crippen molar-refractivity contribution >= 4 is 5.78 Å². The van der Waals surface area contributed by atoms with Gasteiger partial charge in [0.2, 0.25) is 0 Å². The van der Waals surface area contributed by atoms with Gasteiger partial charge in [-0.05, 0) is 13.0 Å². The molecule has 2 heterocycles. The average Bonchev–Trinajstić information content (AvgIpc) is 2.56. The van der Waals surface area contributed by atoms with Gasteiger partial charge in [0.15, 0.2) is 5.78 Å². The molecule has 2 aliphatic heterocycles. The number of rotatable bonds is 1. The van der Waals surface area contributed by atoms with Crippen LogP contribution < -0.4 is 0 Å². The second-order valence-electron chi connectivity index (χ2n) is 3.86. The third-order valence-corrected chi connectivity index (χ3v) is 3.12. The van der Waals surface area contributed by atoms with Crippen LogP contribution >= 0.6 is 0 Å². The van der Waals surface area contributed by atoms with Crippen LogP contribution in [0.25, 0.3) is 0 Å². The predicted molar refractivity (Wildman–Crippen MR) is 47.1 cm³/mol. The topological polar surface area (TPSA) is 69.4 Å². The van der Waals surface area contributed by atoms with Crippen molar-refractivity contribution < 1.29 is 14.5 Å². The van der Waals surface area contributed by atoms with Gasteiger partial charge < -0.3 is 4.74 Å². The first-order valence-electron chi connectivity index (χ1n) is 4.54. The van der Waals surface area contributed by atoms with E-state index in [-0.39, 0.29) is 11.7 Å². The van der Waals surface area contributed by atoms with Gasteiger partial charge in [-0.1, -0.05) is 6.92 Å². The second-order valence-corrected chi connectivity index (χ2v) is 3.86. The second kappa shape index (κ2) is 2.63. The maximum atomic E-state index is 11.7. The van der Waals surface area contributed by atoms with Gasteiger partial charge in [0.25, 0.3) is 0 Å². The van der Waals surface area contributed by atoms with Crippen LogP contribution in [0, 0.1) is 22.0 Å². The van der Waals surface area contributed by atoms with Crippen LogP contribution in [0.4, 0.5) is 0 Å². The number of hydrogen-bond acceptors (Lipinski definition) is 4. The molecule has 0 N–H and O–H groups in total. The number of carbonyl (C=O) groups excluding carboxylic acids is 1. The molecule has 76 valence electrons. The minimum absolute atomic E-state index is 0.0945. The lowest BCUT2D eigenvalue weighted by Crippen LogP contribution is -2.54. The van der Waals surface area contributed by atoms with Gasteiger partial charge >= 0.3 is 5.72 Å². The Bertz CT molecular complexity index is 338. The quantitative estimate of drug-likeness (QED) is 0.353. The maximum absolute atomic E-state index is 11.7. The lowest BCUT2D eigenvalue weighted by atomic mass is 9.85. The first-order chi connectivity index (χ1) is 6.49. The van der Waals surface area contributed by atoms with Gasteiger partial charge in [-0.2, -0.15) is 0 Å². The van der Waals surface area contributed by atoms with Crippen molar-refractivity contribution in [3.05, 3.63) is 22.3 Å². The first-order valence-corrected chi connectivity index (χ1v) is 4.54. The first kappa shape index (κ1) is 9.33. The summed E-state index contributed by atoms with van der Waals surface area (Å²) < 4.78 is 5.31. The lowest BCUT2D eigenvalue weighted by Gasteiger charge is -2.33. The summed E-state index contributed by atoms with van der Waals surface area (Å²) in [6, 6.07) is 0. The summed E-state index contributed by atoms with van der Waals surface area (Å²) in [5, 5.41) is 10.9. The van der Waals surface area contributed by atoms with Crippen LogP contribution in [0.2, 0.25) is 0 Å². The molecule has 2 aliphatic rings. The predicted octanol–water partition coefficient (Wildman–Crippen LogP) is 0.769. The molecule has 0 radical (unpaired) electrons. The molecule has 0 spiro atoms. The fourth-order valence-electron chi connectivity index (χ4n) is 2.07. The largest absolute Gasteiger partial charge is 0.354 e. The standard InChI is InChI=1S/C9H11NO4/c1-5-7-3-4-9(14-7,10(12)13)6(2)8(5)11/h3-7H,1-2H3/t5-,6-,7+,9-/m1/s1. The molecule has 0 aromatic rings. The summed E-state index contributed by atoms with van der Waals surface area (Å²) in [5.41, 5.74) is -1.60. The molecular weight excluding hydrogens is 186 g/mol. The number of hydrogen-bond donors (Lipinski definition) is 0. The number of ether oxygens (including phenoxy) is 1. The molecule has 14 heavy (non-hydrogen) atoms. The van der Waals surface area contributed by atoms with Crippen molar-refractivity contribution in [2.24, 2.45) is 11.8 Å². The molecule has 2 bridgehead atoms. The molecule has 1 fully saturated rings. The van der Waals surface area contributed by atoms with E-state index >= 15 is 0 Å². The SMILES string of the molecule is C[C@@H]1C(=O)[C@H](C)[C@@H]2C=C[C@@]1([N+](=O)[O-])O2. The fourth-order valence-corrected chi connectivity index (χ4v) is 2.07. The van der Waals surface area contributed by atoms with E-state index < -0.39 is 22.7 Å². The molecule has 0 unspecified atom stereocenters. The summed E-state index contributed by atoms with van der Waals surface area (Å²) in [7, 11) is 0. The van der Waals surface area contributed by atoms with E-state index in [2.05, 4.69) is 0 Å². The number of fused-ring (bicyclic) bond motifs is 2. The Balaban J connectivity index is 2.44. The third kappa shape index (κ3) is 0.901. The molecule has 0 aromatic carbocycles. The van der Waals surface area contributed by atoms with Crippen LogP contribution in [0.5, 0.6) is 0 Å². The average molecular weight is 197 g/mol. The highest BCUT2D eigenvalue weighted by Gasteiger charge is 2.61. The van der Waals surface area contributed by atoms with Gasteiger partial charge in [0, 0.05) is 12.0 Å². The monoisotopic (exact) mass is 197 g/mol. The molecule has 2 rings (SSSR count). The molecule has 5 heteroatoms. The van der Waals surface area contributed by atoms with Gasteiger partial charge in [-0.3, -0.25) is 14.9 Å². The van der Waals surface area contributed by atoms with Crippen molar-refractivity contribution in [2.75, 3.05) is 0 Å². The highest BCUT2D eigenvalue weighted by atomic mass is 16.7. The Morgan fingerprint density at radius 3 is 2.79 bits per heavy atom. The van der Waals surface area contributed by atoms with Gasteiger partial charge in [0.1, 0.15) is 5.92 Å². The zero-order valence-electron chi connectivity index (χ0n) is 7.97. The molecule has 0 aliphatic carbocycles. The van der Waals surface area contributed by atoms with Crippen molar-refractivity contribution in [2.45, 2.75) is 25.7 Å². The summed E-state index contributed by atoms with van der Waals surface area (Å²) in [6.45, 7) is 3.29. The molecule has 0 aromatic heterocycles. The highest BCUT2D eigenvalue weighted by Crippen LogP contribution is 2.41. The molecule has 4 atom stereocenters. The third-order valence-electron chi connectivity index (χ3n) is 3.12. The number of Topliss-reactive ketones (excluding diaryl/α,β-unsaturated/α-hetero) is 1. The number of nitro groups is 1. The molecule has 1 saturated heterocycles. The maximum Gasteiger partial charge on any atom is 0.354 e. The molecule has 0 amide bonds. The van der Waals surface area contributed by atoms with Gasteiger partial charge in [0.05, 0.1) is 11.0 Å². The Labute approximate surface area is 80.9 Å². The lowest BCUT2D eigenvalue weighted by molar-refractivity contribution is -0.623. The minimum Gasteiger partial charge on any atom is -0.303 e. The smallest absolute Gasteiger partial charge is 0.303 e. The highest BCUT2D eigenvalue weighted by molar-refractivity contribution is 5.86. The Morgan fingerprint density at radius 2 is 2.21 bits per heavy atom. The van der Waals surface area contributed by atoms with E-state index in [0.29, 0.717) is 0 Å². The Hall–Kier alpha value is -1.23. The van der Waals surface area contributed by atoms with E-state index in [1.54, 1.807) is 19.9 Å². The minimum atomic E-state index is -1.60. The van der Waals surface area contributed by atoms with Crippen molar-refractivity contribution in [3.8, 4) is 0 Å². The zero-order chi connectivity index (χ0) is 10.5. The van der Waals surface area contributed by atoms with Crippen LogP contribution in [-0.4, -0.2) is 22.5 Å².